The van der Waals surface area contributed by atoms with E-state index in [-0.39, 0.29) is 0 Å². The Hall–Kier alpha value is -2.28. The number of amides is 2. The van der Waals surface area contributed by atoms with Crippen molar-refractivity contribution in [2.45, 2.75) is 12.6 Å². The van der Waals surface area contributed by atoms with Crippen LogP contribution >= 0.6 is 0 Å². The molecule has 1 aromatic rings. The predicted molar refractivity (Wildman–Crippen MR) is 69.4 cm³/mol. The number of carboxylic acid groups (broad SMARTS) is 1. The Morgan fingerprint density at radius 1 is 1.40 bits per heavy atom. The fraction of sp³-hybridized carbons (Fsp3) is 0.385. The normalized spacial score (nSPS) is 15.6. The number of ether oxygens (including phenoxy) is 1. The number of hydrogen-bond acceptors (Lipinski definition) is 4. The first-order valence-corrected chi connectivity index (χ1v) is 6.21. The minimum absolute atomic E-state index is 0.333. The van der Waals surface area contributed by atoms with Crippen LogP contribution < -0.4 is 10.1 Å². The molecule has 1 atom stereocenters. The van der Waals surface area contributed by atoms with Crippen molar-refractivity contribution in [3.8, 4) is 5.75 Å². The number of aliphatic carboxylic acids is 1. The van der Waals surface area contributed by atoms with Gasteiger partial charge in [-0.1, -0.05) is 18.2 Å². The molecule has 3 N–H and O–H groups in total. The molecule has 108 valence electrons. The molecule has 0 aromatic heterocycles. The number of carbonyl (C=O) groups is 2. The highest BCUT2D eigenvalue weighted by Crippen LogP contribution is 2.22. The van der Waals surface area contributed by atoms with E-state index in [0.717, 1.165) is 11.3 Å². The Morgan fingerprint density at radius 3 is 2.85 bits per heavy atom. The average molecular weight is 280 g/mol. The Labute approximate surface area is 115 Å². The average Bonchev–Trinajstić information content (AvgIpc) is 2.66. The summed E-state index contributed by atoms with van der Waals surface area (Å²) in [4.78, 5) is 24.3. The van der Waals surface area contributed by atoms with Crippen LogP contribution in [0.4, 0.5) is 4.79 Å². The van der Waals surface area contributed by atoms with Gasteiger partial charge in [0.25, 0.3) is 0 Å². The quantitative estimate of drug-likeness (QED) is 0.726. The summed E-state index contributed by atoms with van der Waals surface area (Å²) in [5.74, 6) is -0.549. The van der Waals surface area contributed by atoms with Crippen LogP contribution in [0.15, 0.2) is 24.3 Å². The second-order valence-electron chi connectivity index (χ2n) is 4.40. The second kappa shape index (κ2) is 6.25. The summed E-state index contributed by atoms with van der Waals surface area (Å²) in [5.41, 5.74) is 0.857. The van der Waals surface area contributed by atoms with Crippen LogP contribution in [-0.2, 0) is 11.3 Å². The lowest BCUT2D eigenvalue weighted by atomic mass is 10.2. The van der Waals surface area contributed by atoms with E-state index in [1.165, 1.54) is 4.90 Å². The monoisotopic (exact) mass is 280 g/mol. The number of carbonyl (C=O) groups excluding carboxylic acids is 1. The summed E-state index contributed by atoms with van der Waals surface area (Å²) in [5, 5.41) is 20.0. The summed E-state index contributed by atoms with van der Waals surface area (Å²) in [7, 11) is 0. The molecule has 1 aromatic carbocycles. The zero-order chi connectivity index (χ0) is 14.5. The van der Waals surface area contributed by atoms with Gasteiger partial charge in [-0.25, -0.2) is 9.59 Å². The number of urea groups is 1. The Morgan fingerprint density at radius 2 is 2.15 bits per heavy atom. The topological polar surface area (TPSA) is 99.1 Å². The first-order valence-electron chi connectivity index (χ1n) is 6.21. The van der Waals surface area contributed by atoms with E-state index < -0.39 is 24.6 Å². The van der Waals surface area contributed by atoms with Gasteiger partial charge in [0.1, 0.15) is 12.4 Å². The smallest absolute Gasteiger partial charge is 0.328 e. The summed E-state index contributed by atoms with van der Waals surface area (Å²) in [6.07, 6.45) is 0. The number of nitrogens with one attached hydrogen (secondary N) is 1. The first-order chi connectivity index (χ1) is 9.61. The van der Waals surface area contributed by atoms with Crippen LogP contribution in [0.3, 0.4) is 0 Å². The van der Waals surface area contributed by atoms with Crippen LogP contribution in [0.5, 0.6) is 5.75 Å². The molecule has 0 saturated carbocycles. The number of benzene rings is 1. The van der Waals surface area contributed by atoms with Crippen molar-refractivity contribution >= 4 is 12.0 Å². The van der Waals surface area contributed by atoms with E-state index in [2.05, 4.69) is 5.32 Å². The number of fused-ring (bicyclic) bond motifs is 1. The molecule has 2 amide bonds. The fourth-order valence-electron chi connectivity index (χ4n) is 1.92. The molecule has 0 spiro atoms. The Kier molecular flexibility index (Phi) is 4.41. The molecule has 1 heterocycles. The van der Waals surface area contributed by atoms with Gasteiger partial charge in [0.15, 0.2) is 6.04 Å². The molecule has 1 aliphatic heterocycles. The maximum atomic E-state index is 12.0. The molecule has 20 heavy (non-hydrogen) atoms. The van der Waals surface area contributed by atoms with Crippen LogP contribution in [0, 0.1) is 0 Å². The number of rotatable bonds is 3. The lowest BCUT2D eigenvalue weighted by Gasteiger charge is -2.22. The SMILES string of the molecule is O=C(O)[C@@H](CO)NC(=O)N1CCOc2ccccc2C1. The van der Waals surface area contributed by atoms with Gasteiger partial charge < -0.3 is 25.2 Å². The van der Waals surface area contributed by atoms with Gasteiger partial charge in [0, 0.05) is 5.56 Å². The summed E-state index contributed by atoms with van der Waals surface area (Å²) in [6, 6.07) is 5.53. The van der Waals surface area contributed by atoms with E-state index >= 15 is 0 Å². The van der Waals surface area contributed by atoms with Crippen molar-refractivity contribution in [2.75, 3.05) is 19.8 Å². The number of carboxylic acids is 1. The molecule has 0 unspecified atom stereocenters. The van der Waals surface area contributed by atoms with Crippen molar-refractivity contribution < 1.29 is 24.5 Å². The van der Waals surface area contributed by atoms with Gasteiger partial charge >= 0.3 is 12.0 Å². The van der Waals surface area contributed by atoms with Gasteiger partial charge in [-0.15, -0.1) is 0 Å². The zero-order valence-electron chi connectivity index (χ0n) is 10.8. The van der Waals surface area contributed by atoms with Gasteiger partial charge in [0.05, 0.1) is 19.7 Å². The Balaban J connectivity index is 2.06. The van der Waals surface area contributed by atoms with E-state index in [1.807, 2.05) is 24.3 Å². The summed E-state index contributed by atoms with van der Waals surface area (Å²) < 4.78 is 5.52. The van der Waals surface area contributed by atoms with Crippen LogP contribution in [-0.4, -0.2) is 52.9 Å². The molecule has 1 aliphatic rings. The number of para-hydroxylation sites is 1. The van der Waals surface area contributed by atoms with Crippen LogP contribution in [0.25, 0.3) is 0 Å². The lowest BCUT2D eigenvalue weighted by Crippen LogP contribution is -2.49. The molecule has 0 bridgehead atoms. The molecular formula is C13H16N2O5. The fourth-order valence-corrected chi connectivity index (χ4v) is 1.92. The van der Waals surface area contributed by atoms with Crippen molar-refractivity contribution in [2.24, 2.45) is 0 Å². The number of nitrogens with zero attached hydrogens (tertiary/aromatic N) is 1. The maximum Gasteiger partial charge on any atom is 0.328 e. The van der Waals surface area contributed by atoms with Crippen molar-refractivity contribution in [1.82, 2.24) is 10.2 Å². The van der Waals surface area contributed by atoms with Gasteiger partial charge in [-0.3, -0.25) is 0 Å². The highest BCUT2D eigenvalue weighted by Gasteiger charge is 2.24. The third-order valence-corrected chi connectivity index (χ3v) is 3.02. The largest absolute Gasteiger partial charge is 0.491 e. The van der Waals surface area contributed by atoms with E-state index in [1.54, 1.807) is 0 Å². The summed E-state index contributed by atoms with van der Waals surface area (Å²) in [6.45, 7) is 0.362. The molecule has 7 heteroatoms. The van der Waals surface area contributed by atoms with Gasteiger partial charge in [-0.2, -0.15) is 0 Å². The van der Waals surface area contributed by atoms with E-state index in [9.17, 15) is 9.59 Å². The van der Waals surface area contributed by atoms with Crippen LogP contribution in [0.1, 0.15) is 5.56 Å². The van der Waals surface area contributed by atoms with Crippen molar-refractivity contribution in [3.63, 3.8) is 0 Å². The third kappa shape index (κ3) is 3.18. The molecule has 0 fully saturated rings. The van der Waals surface area contributed by atoms with E-state index in [0.29, 0.717) is 19.7 Å². The molecule has 2 rings (SSSR count). The minimum Gasteiger partial charge on any atom is -0.491 e. The van der Waals surface area contributed by atoms with Gasteiger partial charge in [-0.05, 0) is 6.07 Å². The lowest BCUT2D eigenvalue weighted by molar-refractivity contribution is -0.140. The zero-order valence-corrected chi connectivity index (χ0v) is 10.8. The minimum atomic E-state index is -1.30. The standard InChI is InChI=1S/C13H16N2O5/c16-8-10(12(17)18)14-13(19)15-5-6-20-11-4-2-1-3-9(11)7-15/h1-4,10,16H,5-8H2,(H,14,19)(H,17,18)/t10-/m1/s1. The maximum absolute atomic E-state index is 12.0. The number of aliphatic hydroxyl groups is 1. The summed E-state index contributed by atoms with van der Waals surface area (Å²) >= 11 is 0. The second-order valence-corrected chi connectivity index (χ2v) is 4.40. The Bertz CT molecular complexity index is 505. The highest BCUT2D eigenvalue weighted by molar-refractivity contribution is 5.82. The predicted octanol–water partition coefficient (Wildman–Crippen LogP) is 0.0361. The molecule has 7 nitrogen and oxygen atoms in total. The van der Waals surface area contributed by atoms with Crippen molar-refractivity contribution in [1.29, 1.82) is 0 Å². The number of hydrogen-bond donors (Lipinski definition) is 3. The van der Waals surface area contributed by atoms with Gasteiger partial charge in [0.2, 0.25) is 0 Å². The first kappa shape index (κ1) is 14.1. The molecule has 0 aliphatic carbocycles. The van der Waals surface area contributed by atoms with Crippen LogP contribution in [0.2, 0.25) is 0 Å². The molecular weight excluding hydrogens is 264 g/mol. The van der Waals surface area contributed by atoms with Crippen molar-refractivity contribution in [3.05, 3.63) is 29.8 Å². The van der Waals surface area contributed by atoms with E-state index in [4.69, 9.17) is 14.9 Å². The molecule has 0 radical (unpaired) electrons. The third-order valence-electron chi connectivity index (χ3n) is 3.02. The molecule has 0 saturated heterocycles. The number of aliphatic hydroxyl groups excluding tert-OH is 1. The highest BCUT2D eigenvalue weighted by atomic mass is 16.5.